The van der Waals surface area contributed by atoms with Gasteiger partial charge in [-0.25, -0.2) is 9.88 Å². The Bertz CT molecular complexity index is 656. The van der Waals surface area contributed by atoms with E-state index in [9.17, 15) is 18.0 Å². The minimum Gasteiger partial charge on any atom is -0.348 e. The zero-order valence-electron chi connectivity index (χ0n) is 15.2. The van der Waals surface area contributed by atoms with Crippen LogP contribution in [0.5, 0.6) is 0 Å². The molecule has 9 heteroatoms. The molecule has 0 unspecified atom stereocenters. The van der Waals surface area contributed by atoms with Gasteiger partial charge in [0.1, 0.15) is 37.4 Å². The number of aromatic amines is 1. The smallest absolute Gasteiger partial charge is 0.348 e. The van der Waals surface area contributed by atoms with E-state index in [0.717, 1.165) is 38.2 Å². The predicted molar refractivity (Wildman–Crippen MR) is 95.8 cm³/mol. The summed E-state index contributed by atoms with van der Waals surface area (Å²) in [5.41, 5.74) is -0.792. The maximum atomic E-state index is 12.7. The molecule has 1 saturated carbocycles. The molecule has 3 N–H and O–H groups in total. The van der Waals surface area contributed by atoms with Crippen LogP contribution in [-0.4, -0.2) is 44.7 Å². The van der Waals surface area contributed by atoms with Gasteiger partial charge in [0, 0.05) is 6.04 Å². The van der Waals surface area contributed by atoms with Gasteiger partial charge < -0.3 is 10.2 Å². The molecule has 0 bridgehead atoms. The Morgan fingerprint density at radius 1 is 1.26 bits per heavy atom. The van der Waals surface area contributed by atoms with Gasteiger partial charge in [-0.05, 0) is 18.9 Å². The fraction of sp³-hybridized carbons (Fsp3) is 0.667. The lowest BCUT2D eigenvalue weighted by atomic mass is 9.95. The first kappa shape index (κ1) is 20.2. The molecule has 2 aliphatic rings. The lowest BCUT2D eigenvalue weighted by molar-refractivity contribution is -0.892. The summed E-state index contributed by atoms with van der Waals surface area (Å²) in [5, 5.41) is 3.19. The summed E-state index contributed by atoms with van der Waals surface area (Å²) in [6.45, 7) is 3.18. The maximum absolute atomic E-state index is 12.7. The summed E-state index contributed by atoms with van der Waals surface area (Å²) >= 11 is 6.05. The highest BCUT2D eigenvalue weighted by Gasteiger charge is 2.35. The Morgan fingerprint density at radius 3 is 2.52 bits per heavy atom. The van der Waals surface area contributed by atoms with Crippen molar-refractivity contribution < 1.29 is 27.8 Å². The van der Waals surface area contributed by atoms with Gasteiger partial charge in [0.25, 0.3) is 11.7 Å². The van der Waals surface area contributed by atoms with Gasteiger partial charge in [-0.15, -0.1) is 0 Å². The van der Waals surface area contributed by atoms with E-state index in [-0.39, 0.29) is 10.9 Å². The second-order valence-corrected chi connectivity index (χ2v) is 7.81. The van der Waals surface area contributed by atoms with Crippen LogP contribution in [-0.2, 0) is 11.0 Å². The molecule has 5 nitrogen and oxygen atoms in total. The number of anilines is 1. The van der Waals surface area contributed by atoms with Crippen LogP contribution in [0.25, 0.3) is 0 Å². The molecule has 0 spiro atoms. The monoisotopic (exact) mass is 406 g/mol. The number of pyridine rings is 1. The molecule has 0 aromatic carbocycles. The number of amides is 1. The molecule has 0 radical (unpaired) electrons. The van der Waals surface area contributed by atoms with Crippen LogP contribution >= 0.6 is 11.6 Å². The van der Waals surface area contributed by atoms with Gasteiger partial charge in [-0.2, -0.15) is 13.2 Å². The quantitative estimate of drug-likeness (QED) is 0.792. The molecule has 27 heavy (non-hydrogen) atoms. The highest BCUT2D eigenvalue weighted by atomic mass is 35.5. The van der Waals surface area contributed by atoms with E-state index in [1.54, 1.807) is 0 Å². The van der Waals surface area contributed by atoms with Crippen molar-refractivity contribution in [1.29, 1.82) is 0 Å². The molecule has 1 aliphatic carbocycles. The van der Waals surface area contributed by atoms with Crippen molar-refractivity contribution in [2.24, 2.45) is 0 Å². The lowest BCUT2D eigenvalue weighted by Crippen LogP contribution is -3.16. The first-order valence-electron chi connectivity index (χ1n) is 9.49. The third kappa shape index (κ3) is 5.48. The van der Waals surface area contributed by atoms with Crippen molar-refractivity contribution in [3.63, 3.8) is 0 Å². The van der Waals surface area contributed by atoms with Crippen molar-refractivity contribution >= 4 is 23.3 Å². The standard InChI is InChI=1S/C18H24ClF3N4O/c19-15-10-13(18(20,21)22)11-23-17(15)26-8-6-25(7-9-26)12-16(27)24-14-4-2-1-3-5-14/h10-11,14H,1-9,12H2,(H,24,27)/p+2. The predicted octanol–water partition coefficient (Wildman–Crippen LogP) is 1.33. The molecular formula is C18H26ClF3N4O+2. The van der Waals surface area contributed by atoms with E-state index < -0.39 is 11.7 Å². The number of nitrogens with zero attached hydrogens (tertiary/aromatic N) is 1. The molecular weight excluding hydrogens is 381 g/mol. The number of halogens is 4. The fourth-order valence-electron chi connectivity index (χ4n) is 3.84. The van der Waals surface area contributed by atoms with E-state index in [4.69, 9.17) is 11.6 Å². The van der Waals surface area contributed by atoms with Crippen LogP contribution in [0.15, 0.2) is 12.3 Å². The number of alkyl halides is 3. The maximum Gasteiger partial charge on any atom is 0.419 e. The van der Waals surface area contributed by atoms with Gasteiger partial charge in [0.15, 0.2) is 6.54 Å². The summed E-state index contributed by atoms with van der Waals surface area (Å²) in [6, 6.07) is 1.26. The van der Waals surface area contributed by atoms with Gasteiger partial charge >= 0.3 is 6.18 Å². The van der Waals surface area contributed by atoms with Gasteiger partial charge in [0.2, 0.25) is 0 Å². The lowest BCUT2D eigenvalue weighted by Gasteiger charge is -2.29. The Kier molecular flexibility index (Phi) is 6.47. The van der Waals surface area contributed by atoms with E-state index in [0.29, 0.717) is 31.5 Å². The number of nitrogens with one attached hydrogen (secondary N) is 3. The summed E-state index contributed by atoms with van der Waals surface area (Å²) in [5.74, 6) is 0.583. The number of rotatable bonds is 4. The number of quaternary nitrogens is 1. The molecule has 0 atom stereocenters. The van der Waals surface area contributed by atoms with Crippen LogP contribution in [0, 0.1) is 0 Å². The summed E-state index contributed by atoms with van der Waals surface area (Å²) in [7, 11) is 0. The Balaban J connectivity index is 1.49. The second-order valence-electron chi connectivity index (χ2n) is 7.40. The van der Waals surface area contributed by atoms with E-state index in [1.165, 1.54) is 24.2 Å². The van der Waals surface area contributed by atoms with Gasteiger partial charge in [-0.3, -0.25) is 4.79 Å². The molecule has 3 rings (SSSR count). The molecule has 2 fully saturated rings. The van der Waals surface area contributed by atoms with Crippen molar-refractivity contribution in [2.45, 2.75) is 44.3 Å². The largest absolute Gasteiger partial charge is 0.419 e. The molecule has 1 amide bonds. The topological polar surface area (TPSA) is 50.9 Å². The number of piperazine rings is 1. The minimum atomic E-state index is -4.42. The second kappa shape index (κ2) is 8.65. The van der Waals surface area contributed by atoms with Crippen LogP contribution < -0.4 is 20.1 Å². The van der Waals surface area contributed by atoms with Crippen LogP contribution in [0.1, 0.15) is 37.7 Å². The zero-order chi connectivity index (χ0) is 19.4. The number of H-pyrrole nitrogens is 1. The first-order chi connectivity index (χ1) is 12.8. The zero-order valence-corrected chi connectivity index (χ0v) is 15.9. The number of hydrogen-bond donors (Lipinski definition) is 2. The van der Waals surface area contributed by atoms with Crippen LogP contribution in [0.3, 0.4) is 0 Å². The molecule has 1 aromatic heterocycles. The SMILES string of the molecule is O=C(C[NH+]1CCN(c2[nH+]cc(C(F)(F)F)cc2Cl)CC1)NC1CCCCC1. The summed E-state index contributed by atoms with van der Waals surface area (Å²) < 4.78 is 38.2. The Morgan fingerprint density at radius 2 is 1.93 bits per heavy atom. The Labute approximate surface area is 161 Å². The molecule has 2 heterocycles. The summed E-state index contributed by atoms with van der Waals surface area (Å²) in [6.07, 6.45) is 2.27. The summed E-state index contributed by atoms with van der Waals surface area (Å²) in [4.78, 5) is 18.0. The van der Waals surface area contributed by atoms with E-state index in [2.05, 4.69) is 10.3 Å². The highest BCUT2D eigenvalue weighted by Crippen LogP contribution is 2.32. The number of carbonyl (C=O) groups is 1. The Hall–Kier alpha value is -1.54. The van der Waals surface area contributed by atoms with E-state index >= 15 is 0 Å². The van der Waals surface area contributed by atoms with Gasteiger partial charge in [0.05, 0.1) is 5.56 Å². The number of aromatic nitrogens is 1. The number of hydrogen-bond acceptors (Lipinski definition) is 2. The fourth-order valence-corrected chi connectivity index (χ4v) is 4.14. The van der Waals surface area contributed by atoms with Crippen LogP contribution in [0.4, 0.5) is 19.0 Å². The highest BCUT2D eigenvalue weighted by molar-refractivity contribution is 6.32. The normalized spacial score (nSPS) is 19.9. The van der Waals surface area contributed by atoms with Crippen molar-refractivity contribution in [3.8, 4) is 0 Å². The molecule has 150 valence electrons. The van der Waals surface area contributed by atoms with Crippen molar-refractivity contribution in [1.82, 2.24) is 5.32 Å². The average molecular weight is 407 g/mol. The van der Waals surface area contributed by atoms with Crippen molar-refractivity contribution in [2.75, 3.05) is 37.6 Å². The molecule has 1 saturated heterocycles. The van der Waals surface area contributed by atoms with Crippen molar-refractivity contribution in [3.05, 3.63) is 22.8 Å². The molecule has 1 aliphatic heterocycles. The van der Waals surface area contributed by atoms with Gasteiger partial charge in [-0.1, -0.05) is 30.9 Å². The first-order valence-corrected chi connectivity index (χ1v) is 9.87. The average Bonchev–Trinajstić information content (AvgIpc) is 2.62. The molecule has 1 aromatic rings. The van der Waals surface area contributed by atoms with E-state index in [1.807, 2.05) is 4.90 Å². The minimum absolute atomic E-state index is 0.0586. The third-order valence-electron chi connectivity index (χ3n) is 5.37. The third-order valence-corrected chi connectivity index (χ3v) is 5.66. The van der Waals surface area contributed by atoms with Crippen LogP contribution in [0.2, 0.25) is 5.02 Å². The number of carbonyl (C=O) groups excluding carboxylic acids is 1.